The van der Waals surface area contributed by atoms with Crippen LogP contribution in [0, 0.1) is 5.82 Å². The first-order chi connectivity index (χ1) is 10.2. The van der Waals surface area contributed by atoms with Crippen LogP contribution in [-0.2, 0) is 16.0 Å². The van der Waals surface area contributed by atoms with Crippen molar-refractivity contribution in [2.45, 2.75) is 6.54 Å². The van der Waals surface area contributed by atoms with Crippen molar-refractivity contribution in [1.82, 2.24) is 9.80 Å². The van der Waals surface area contributed by atoms with E-state index in [1.54, 1.807) is 17.0 Å². The molecule has 21 heavy (non-hydrogen) atoms. The van der Waals surface area contributed by atoms with Crippen LogP contribution in [0.3, 0.4) is 0 Å². The van der Waals surface area contributed by atoms with Crippen LogP contribution < -0.4 is 0 Å². The lowest BCUT2D eigenvalue weighted by atomic mass is 10.2. The summed E-state index contributed by atoms with van der Waals surface area (Å²) in [5.41, 5.74) is 0.752. The van der Waals surface area contributed by atoms with Crippen LogP contribution in [0.25, 0.3) is 0 Å². The Hall–Kier alpha value is -1.66. The summed E-state index contributed by atoms with van der Waals surface area (Å²) in [5, 5.41) is 0. The second-order valence-electron chi connectivity index (χ2n) is 4.98. The molecule has 1 aliphatic heterocycles. The summed E-state index contributed by atoms with van der Waals surface area (Å²) in [4.78, 5) is 15.7. The normalized spacial score (nSPS) is 15.7. The lowest BCUT2D eigenvalue weighted by Gasteiger charge is -2.29. The minimum atomic E-state index is -0.396. The highest BCUT2D eigenvalue weighted by Crippen LogP contribution is 2.09. The Kier molecular flexibility index (Phi) is 5.95. The van der Waals surface area contributed by atoms with Crippen LogP contribution in [0.1, 0.15) is 5.56 Å². The van der Waals surface area contributed by atoms with Gasteiger partial charge in [0.1, 0.15) is 5.82 Å². The van der Waals surface area contributed by atoms with E-state index in [0.717, 1.165) is 38.4 Å². The first kappa shape index (κ1) is 15.7. The fourth-order valence-electron chi connectivity index (χ4n) is 2.31. The first-order valence-electron chi connectivity index (χ1n) is 7.06. The Bertz CT molecular complexity index is 464. The van der Waals surface area contributed by atoms with Gasteiger partial charge in [-0.1, -0.05) is 12.1 Å². The average molecular weight is 296 g/mol. The SMILES string of the molecule is COC(=O)N(CCN1CCOCC1)Cc1cccc(F)c1. The molecule has 116 valence electrons. The van der Waals surface area contributed by atoms with E-state index in [0.29, 0.717) is 13.1 Å². The zero-order valence-corrected chi connectivity index (χ0v) is 12.3. The minimum absolute atomic E-state index is 0.300. The third-order valence-corrected chi connectivity index (χ3v) is 3.49. The van der Waals surface area contributed by atoms with Crippen molar-refractivity contribution in [2.24, 2.45) is 0 Å². The van der Waals surface area contributed by atoms with Gasteiger partial charge in [-0.3, -0.25) is 4.90 Å². The highest BCUT2D eigenvalue weighted by molar-refractivity contribution is 5.67. The molecule has 0 aliphatic carbocycles. The minimum Gasteiger partial charge on any atom is -0.453 e. The molecule has 1 heterocycles. The van der Waals surface area contributed by atoms with Crippen LogP contribution in [-0.4, -0.2) is 62.4 Å². The van der Waals surface area contributed by atoms with Gasteiger partial charge < -0.3 is 14.4 Å². The average Bonchev–Trinajstić information content (AvgIpc) is 2.51. The fourth-order valence-corrected chi connectivity index (χ4v) is 2.31. The summed E-state index contributed by atoms with van der Waals surface area (Å²) >= 11 is 0. The number of benzene rings is 1. The van der Waals surface area contributed by atoms with Gasteiger partial charge in [0.25, 0.3) is 0 Å². The van der Waals surface area contributed by atoms with Gasteiger partial charge in [0.2, 0.25) is 0 Å². The number of hydrogen-bond donors (Lipinski definition) is 0. The van der Waals surface area contributed by atoms with Crippen molar-refractivity contribution >= 4 is 6.09 Å². The molecular formula is C15H21FN2O3. The second kappa shape index (κ2) is 7.95. The van der Waals surface area contributed by atoms with Crippen molar-refractivity contribution in [3.63, 3.8) is 0 Å². The molecule has 0 N–H and O–H groups in total. The van der Waals surface area contributed by atoms with Crippen molar-refractivity contribution in [3.05, 3.63) is 35.6 Å². The van der Waals surface area contributed by atoms with E-state index >= 15 is 0 Å². The van der Waals surface area contributed by atoms with E-state index in [9.17, 15) is 9.18 Å². The molecule has 0 aromatic heterocycles. The Morgan fingerprint density at radius 2 is 2.19 bits per heavy atom. The van der Waals surface area contributed by atoms with Crippen molar-refractivity contribution in [3.8, 4) is 0 Å². The lowest BCUT2D eigenvalue weighted by molar-refractivity contribution is 0.0325. The quantitative estimate of drug-likeness (QED) is 0.830. The monoisotopic (exact) mass is 296 g/mol. The number of carbonyl (C=O) groups excluding carboxylic acids is 1. The number of ether oxygens (including phenoxy) is 2. The number of morpholine rings is 1. The maximum atomic E-state index is 13.2. The predicted octanol–water partition coefficient (Wildman–Crippen LogP) is 1.73. The molecule has 6 heteroatoms. The summed E-state index contributed by atoms with van der Waals surface area (Å²) in [6.45, 7) is 4.83. The molecule has 5 nitrogen and oxygen atoms in total. The third kappa shape index (κ3) is 4.99. The molecule has 0 unspecified atom stereocenters. The van der Waals surface area contributed by atoms with Gasteiger partial charge in [0, 0.05) is 32.7 Å². The summed E-state index contributed by atoms with van der Waals surface area (Å²) in [5.74, 6) is -0.300. The van der Waals surface area contributed by atoms with Crippen LogP contribution >= 0.6 is 0 Å². The molecule has 1 aliphatic rings. The Labute approximate surface area is 124 Å². The molecule has 0 saturated carbocycles. The summed E-state index contributed by atoms with van der Waals surface area (Å²) in [7, 11) is 1.36. The number of hydrogen-bond acceptors (Lipinski definition) is 4. The molecule has 1 aromatic rings. The highest BCUT2D eigenvalue weighted by Gasteiger charge is 2.17. The lowest BCUT2D eigenvalue weighted by Crippen LogP contribution is -2.42. The van der Waals surface area contributed by atoms with Crippen LogP contribution in [0.5, 0.6) is 0 Å². The molecule has 1 saturated heterocycles. The molecule has 0 radical (unpaired) electrons. The van der Waals surface area contributed by atoms with Crippen molar-refractivity contribution in [2.75, 3.05) is 46.5 Å². The number of rotatable bonds is 5. The van der Waals surface area contributed by atoms with E-state index < -0.39 is 6.09 Å². The molecule has 0 bridgehead atoms. The molecule has 1 aromatic carbocycles. The van der Waals surface area contributed by atoms with Gasteiger partial charge in [-0.05, 0) is 17.7 Å². The van der Waals surface area contributed by atoms with E-state index in [1.807, 2.05) is 0 Å². The van der Waals surface area contributed by atoms with Gasteiger partial charge in [-0.25, -0.2) is 9.18 Å². The van der Waals surface area contributed by atoms with Gasteiger partial charge in [-0.2, -0.15) is 0 Å². The summed E-state index contributed by atoms with van der Waals surface area (Å²) in [6, 6.07) is 6.26. The second-order valence-corrected chi connectivity index (χ2v) is 4.98. The third-order valence-electron chi connectivity index (χ3n) is 3.49. The fraction of sp³-hybridized carbons (Fsp3) is 0.533. The molecule has 2 rings (SSSR count). The molecule has 0 spiro atoms. The maximum absolute atomic E-state index is 13.2. The first-order valence-corrected chi connectivity index (χ1v) is 7.06. The standard InChI is InChI=1S/C15H21FN2O3/c1-20-15(19)18(6-5-17-7-9-21-10-8-17)12-13-3-2-4-14(16)11-13/h2-4,11H,5-10,12H2,1H3. The van der Waals surface area contributed by atoms with E-state index in [4.69, 9.17) is 9.47 Å². The zero-order valence-electron chi connectivity index (χ0n) is 12.3. The number of nitrogens with zero attached hydrogens (tertiary/aromatic N) is 2. The number of methoxy groups -OCH3 is 1. The molecule has 1 amide bonds. The Morgan fingerprint density at radius 1 is 1.43 bits per heavy atom. The zero-order chi connectivity index (χ0) is 15.1. The van der Waals surface area contributed by atoms with E-state index in [1.165, 1.54) is 19.2 Å². The largest absolute Gasteiger partial charge is 0.453 e. The Balaban J connectivity index is 1.92. The van der Waals surface area contributed by atoms with Gasteiger partial charge in [0.15, 0.2) is 0 Å². The van der Waals surface area contributed by atoms with E-state index in [-0.39, 0.29) is 5.82 Å². The number of amides is 1. The Morgan fingerprint density at radius 3 is 2.86 bits per heavy atom. The maximum Gasteiger partial charge on any atom is 0.409 e. The highest BCUT2D eigenvalue weighted by atomic mass is 19.1. The molecular weight excluding hydrogens is 275 g/mol. The summed E-state index contributed by atoms with van der Waals surface area (Å²) < 4.78 is 23.3. The van der Waals surface area contributed by atoms with Crippen molar-refractivity contribution < 1.29 is 18.7 Å². The molecule has 1 fully saturated rings. The number of halogens is 1. The smallest absolute Gasteiger partial charge is 0.409 e. The van der Waals surface area contributed by atoms with Crippen LogP contribution in [0.15, 0.2) is 24.3 Å². The summed E-state index contributed by atoms with van der Waals surface area (Å²) in [6.07, 6.45) is -0.396. The van der Waals surface area contributed by atoms with Crippen LogP contribution in [0.2, 0.25) is 0 Å². The topological polar surface area (TPSA) is 42.0 Å². The predicted molar refractivity (Wildman–Crippen MR) is 76.5 cm³/mol. The van der Waals surface area contributed by atoms with Gasteiger partial charge >= 0.3 is 6.09 Å². The van der Waals surface area contributed by atoms with Crippen molar-refractivity contribution in [1.29, 1.82) is 0 Å². The molecule has 0 atom stereocenters. The van der Waals surface area contributed by atoms with Gasteiger partial charge in [-0.15, -0.1) is 0 Å². The van der Waals surface area contributed by atoms with Crippen LogP contribution in [0.4, 0.5) is 9.18 Å². The number of carbonyl (C=O) groups is 1. The van der Waals surface area contributed by atoms with Gasteiger partial charge in [0.05, 0.1) is 20.3 Å². The van der Waals surface area contributed by atoms with E-state index in [2.05, 4.69) is 4.90 Å².